The number of nitrogens with two attached hydrogens (primary N) is 1. The van der Waals surface area contributed by atoms with Gasteiger partial charge in [0.15, 0.2) is 0 Å². The molecule has 3 heterocycles. The highest BCUT2D eigenvalue weighted by Gasteiger charge is 2.58. The Morgan fingerprint density at radius 2 is 1.58 bits per heavy atom. The Morgan fingerprint density at radius 3 is 2.19 bits per heavy atom. The largest absolute Gasteiger partial charge is 0.491 e. The lowest BCUT2D eigenvalue weighted by atomic mass is 9.92. The Morgan fingerprint density at radius 1 is 0.947 bits per heavy atom. The van der Waals surface area contributed by atoms with Gasteiger partial charge in [0.1, 0.15) is 48.7 Å². The summed E-state index contributed by atoms with van der Waals surface area (Å²) in [6, 6.07) is 11.8. The van der Waals surface area contributed by atoms with Gasteiger partial charge < -0.3 is 35.1 Å². The van der Waals surface area contributed by atoms with E-state index in [-0.39, 0.29) is 30.2 Å². The van der Waals surface area contributed by atoms with Crippen LogP contribution in [0.1, 0.15) is 121 Å². The van der Waals surface area contributed by atoms with Crippen LogP contribution in [-0.2, 0) is 28.7 Å². The number of hydrogen-bond acceptors (Lipinski definition) is 12. The minimum absolute atomic E-state index is 0.00473. The van der Waals surface area contributed by atoms with E-state index in [1.807, 2.05) is 12.1 Å². The zero-order chi connectivity index (χ0) is 41.1. The van der Waals surface area contributed by atoms with Crippen molar-refractivity contribution in [2.75, 3.05) is 32.2 Å². The number of hydrogen-bond donors (Lipinski definition) is 4. The summed E-state index contributed by atoms with van der Waals surface area (Å²) in [6.45, 7) is 1.31. The minimum atomic E-state index is -4.92. The first-order valence-corrected chi connectivity index (χ1v) is 21.8. The molecule has 1 aromatic carbocycles. The van der Waals surface area contributed by atoms with Crippen LogP contribution in [0.25, 0.3) is 5.52 Å². The molecule has 0 bridgehead atoms. The second-order valence-electron chi connectivity index (χ2n) is 14.7. The molecule has 0 aliphatic carbocycles. The molecule has 1 saturated heterocycles. The van der Waals surface area contributed by atoms with Gasteiger partial charge in [-0.3, -0.25) is 9.05 Å². The molecule has 57 heavy (non-hydrogen) atoms. The molecule has 14 nitrogen and oxygen atoms in total. The summed E-state index contributed by atoms with van der Waals surface area (Å²) >= 11 is 0. The van der Waals surface area contributed by atoms with E-state index in [0.29, 0.717) is 17.8 Å². The number of anilines is 1. The van der Waals surface area contributed by atoms with Crippen LogP contribution < -0.4 is 10.5 Å². The molecule has 0 saturated carbocycles. The number of fused-ring (bicyclic) bond motifs is 1. The van der Waals surface area contributed by atoms with Crippen LogP contribution >= 0.6 is 7.82 Å². The van der Waals surface area contributed by atoms with Crippen LogP contribution in [0.5, 0.6) is 5.75 Å². The number of aliphatic hydroxyl groups is 2. The number of benzene rings is 1. The number of nitrogen functional groups attached to an aromatic ring is 1. The number of halogens is 1. The van der Waals surface area contributed by atoms with Gasteiger partial charge in [-0.05, 0) is 36.8 Å². The smallest absolute Gasteiger partial charge is 0.472 e. The number of nitriles is 2. The molecule has 1 aliphatic heterocycles. The van der Waals surface area contributed by atoms with E-state index < -0.39 is 50.3 Å². The summed E-state index contributed by atoms with van der Waals surface area (Å²) in [7, 11) is -4.92. The normalized spacial score (nSPS) is 20.9. The molecule has 0 amide bonds. The van der Waals surface area contributed by atoms with Crippen molar-refractivity contribution >= 4 is 19.0 Å². The molecule has 0 spiro atoms. The van der Waals surface area contributed by atoms with Crippen LogP contribution in [0.2, 0.25) is 0 Å². The number of ether oxygens (including phenoxy) is 3. The Balaban J connectivity index is 1.23. The third kappa shape index (κ3) is 14.0. The van der Waals surface area contributed by atoms with Crippen molar-refractivity contribution in [3.63, 3.8) is 0 Å². The SMILES string of the molecule is CCCCCCCCCCCCCCCCCCOC[C@H](COc1cc(F)cc(C#N)c1)OP(=O)(O)OC[C@H]1O[C@@](C#N)(c2ccc3c(N)ccnn23)[C@H](O)[C@@H]1O. The predicted molar refractivity (Wildman–Crippen MR) is 211 cm³/mol. The molecule has 6 atom stereocenters. The van der Waals surface area contributed by atoms with Gasteiger partial charge in [-0.25, -0.2) is 13.5 Å². The Hall–Kier alpha value is -3.63. The van der Waals surface area contributed by atoms with Gasteiger partial charge in [0.25, 0.3) is 0 Å². The maximum absolute atomic E-state index is 14.0. The molecule has 2 aromatic heterocycles. The number of nitrogens with zero attached hydrogens (tertiary/aromatic N) is 4. The standard InChI is InChI=1S/C41H59FN5O9P/c1-2-3-4-5-6-7-8-9-10-11-12-13-14-15-16-17-22-52-27-34(28-53-33-24-31(26-43)23-32(42)25-33)56-57(50,51)54-29-37-39(48)40(49)41(30-44,55-37)38-19-18-36-35(45)20-21-46-47(36)38/h18-21,23-25,34,37,39-40,48-49H,2-17,22,27-29,45H2,1H3,(H,50,51)/t34-,37-,39-,40-,41+/m1/s1. The fourth-order valence-electron chi connectivity index (χ4n) is 7.00. The first-order valence-electron chi connectivity index (χ1n) is 20.3. The average molecular weight is 816 g/mol. The summed E-state index contributed by atoms with van der Waals surface area (Å²) < 4.78 is 56.4. The Labute approximate surface area is 335 Å². The fraction of sp³-hybridized carbons (Fsp3) is 0.634. The van der Waals surface area contributed by atoms with E-state index in [1.54, 1.807) is 12.1 Å². The van der Waals surface area contributed by atoms with Crippen molar-refractivity contribution in [1.82, 2.24) is 9.61 Å². The van der Waals surface area contributed by atoms with E-state index in [4.69, 9.17) is 29.0 Å². The highest BCUT2D eigenvalue weighted by Crippen LogP contribution is 2.47. The lowest BCUT2D eigenvalue weighted by molar-refractivity contribution is -0.0669. The molecule has 1 aliphatic rings. The molecule has 5 N–H and O–H groups in total. The van der Waals surface area contributed by atoms with E-state index in [9.17, 15) is 34.6 Å². The summed E-state index contributed by atoms with van der Waals surface area (Å²) in [5.41, 5.74) is 4.79. The first kappa shape index (κ1) is 46.1. The lowest BCUT2D eigenvalue weighted by Gasteiger charge is -2.24. The highest BCUT2D eigenvalue weighted by atomic mass is 31.2. The molecule has 3 aromatic rings. The van der Waals surface area contributed by atoms with Crippen LogP contribution in [0.15, 0.2) is 42.6 Å². The molecule has 16 heteroatoms. The van der Waals surface area contributed by atoms with Crippen molar-refractivity contribution in [2.24, 2.45) is 0 Å². The van der Waals surface area contributed by atoms with Crippen molar-refractivity contribution in [2.45, 2.75) is 140 Å². The van der Waals surface area contributed by atoms with Gasteiger partial charge in [-0.1, -0.05) is 103 Å². The second kappa shape index (κ2) is 23.7. The third-order valence-electron chi connectivity index (χ3n) is 10.2. The number of aliphatic hydroxyl groups excluding tert-OH is 2. The second-order valence-corrected chi connectivity index (χ2v) is 16.1. The monoisotopic (exact) mass is 815 g/mol. The van der Waals surface area contributed by atoms with Crippen molar-refractivity contribution in [3.8, 4) is 17.9 Å². The van der Waals surface area contributed by atoms with E-state index >= 15 is 0 Å². The Kier molecular flexibility index (Phi) is 19.1. The number of rotatable bonds is 28. The van der Waals surface area contributed by atoms with E-state index in [1.165, 1.54) is 99.9 Å². The summed E-state index contributed by atoms with van der Waals surface area (Å²) in [4.78, 5) is 10.7. The van der Waals surface area contributed by atoms with Crippen molar-refractivity contribution in [3.05, 3.63) is 59.7 Å². The molecular weight excluding hydrogens is 756 g/mol. The van der Waals surface area contributed by atoms with E-state index in [0.717, 1.165) is 37.8 Å². The maximum Gasteiger partial charge on any atom is 0.472 e. The van der Waals surface area contributed by atoms with Crippen molar-refractivity contribution < 1.29 is 47.3 Å². The average Bonchev–Trinajstić information content (AvgIpc) is 3.74. The number of phosphoric ester groups is 1. The zero-order valence-electron chi connectivity index (χ0n) is 33.0. The van der Waals surface area contributed by atoms with Crippen LogP contribution in [-0.4, -0.2) is 75.6 Å². The number of unbranched alkanes of at least 4 members (excludes halogenated alkanes) is 15. The van der Waals surface area contributed by atoms with Gasteiger partial charge in [0, 0.05) is 18.9 Å². The van der Waals surface area contributed by atoms with Crippen LogP contribution in [0.3, 0.4) is 0 Å². The van der Waals surface area contributed by atoms with E-state index in [2.05, 4.69) is 12.0 Å². The highest BCUT2D eigenvalue weighted by molar-refractivity contribution is 7.47. The molecule has 314 valence electrons. The maximum atomic E-state index is 14.0. The molecule has 4 rings (SSSR count). The summed E-state index contributed by atoms with van der Waals surface area (Å²) in [5, 5.41) is 45.4. The van der Waals surface area contributed by atoms with Gasteiger partial charge in [-0.2, -0.15) is 15.6 Å². The van der Waals surface area contributed by atoms with Gasteiger partial charge in [0.05, 0.1) is 41.7 Å². The molecule has 1 unspecified atom stereocenters. The van der Waals surface area contributed by atoms with Crippen LogP contribution in [0.4, 0.5) is 10.1 Å². The van der Waals surface area contributed by atoms with Crippen LogP contribution in [0, 0.1) is 28.5 Å². The predicted octanol–water partition coefficient (Wildman–Crippen LogP) is 7.63. The zero-order valence-corrected chi connectivity index (χ0v) is 33.9. The van der Waals surface area contributed by atoms with Crippen molar-refractivity contribution in [1.29, 1.82) is 10.5 Å². The van der Waals surface area contributed by atoms with Gasteiger partial charge >= 0.3 is 7.82 Å². The summed E-state index contributed by atoms with van der Waals surface area (Å²) in [6.07, 6.45) is 15.1. The third-order valence-corrected chi connectivity index (χ3v) is 11.2. The Bertz CT molecular complexity index is 1800. The fourth-order valence-corrected chi connectivity index (χ4v) is 7.89. The van der Waals surface area contributed by atoms with Gasteiger partial charge in [0.2, 0.25) is 5.60 Å². The minimum Gasteiger partial charge on any atom is -0.491 e. The quantitative estimate of drug-likeness (QED) is 0.0410. The number of phosphoric acid groups is 1. The number of aromatic nitrogens is 2. The first-order chi connectivity index (χ1) is 27.5. The molecule has 1 fully saturated rings. The molecule has 0 radical (unpaired) electrons. The lowest BCUT2D eigenvalue weighted by Crippen LogP contribution is -2.41. The summed E-state index contributed by atoms with van der Waals surface area (Å²) in [5.74, 6) is -0.694. The topological polar surface area (TPSA) is 215 Å². The van der Waals surface area contributed by atoms with Gasteiger partial charge in [-0.15, -0.1) is 0 Å². The molecular formula is C41H59FN5O9P.